The van der Waals surface area contributed by atoms with E-state index in [0.29, 0.717) is 0 Å². The van der Waals surface area contributed by atoms with E-state index in [0.717, 1.165) is 29.7 Å². The number of alkyl halides is 1. The summed E-state index contributed by atoms with van der Waals surface area (Å²) in [6, 6.07) is 6.01. The predicted octanol–water partition coefficient (Wildman–Crippen LogP) is 4.16. The molecule has 0 aliphatic heterocycles. The lowest BCUT2D eigenvalue weighted by Gasteiger charge is -2.16. The normalized spacial score (nSPS) is 12.2. The highest BCUT2D eigenvalue weighted by atomic mass is 79.9. The molecule has 90 valence electrons. The van der Waals surface area contributed by atoms with Gasteiger partial charge >= 0.3 is 0 Å². The summed E-state index contributed by atoms with van der Waals surface area (Å²) in [5, 5.41) is 0.829. The fourth-order valence-electron chi connectivity index (χ4n) is 1.58. The van der Waals surface area contributed by atoms with Gasteiger partial charge in [-0.2, -0.15) is 0 Å². The molecule has 0 radical (unpaired) electrons. The Hall–Kier alpha value is -0.700. The van der Waals surface area contributed by atoms with Crippen LogP contribution in [0.15, 0.2) is 18.2 Å². The van der Waals surface area contributed by atoms with Crippen molar-refractivity contribution >= 4 is 15.9 Å². The molecule has 0 saturated heterocycles. The Kier molecular flexibility index (Phi) is 5.67. The summed E-state index contributed by atoms with van der Waals surface area (Å²) in [5.74, 6) is 1.63. The second-order valence-corrected chi connectivity index (χ2v) is 4.40. The van der Waals surface area contributed by atoms with Gasteiger partial charge in [0.15, 0.2) is 11.5 Å². The Morgan fingerprint density at radius 2 is 2.06 bits per heavy atom. The van der Waals surface area contributed by atoms with Gasteiger partial charge in [0, 0.05) is 5.33 Å². The van der Waals surface area contributed by atoms with Crippen LogP contribution in [-0.2, 0) is 5.33 Å². The lowest BCUT2D eigenvalue weighted by atomic mass is 10.2. The number of hydrogen-bond donors (Lipinski definition) is 0. The number of hydrogen-bond acceptors (Lipinski definition) is 2. The summed E-state index contributed by atoms with van der Waals surface area (Å²) >= 11 is 3.44. The topological polar surface area (TPSA) is 18.5 Å². The Bertz CT molecular complexity index is 326. The van der Waals surface area contributed by atoms with E-state index >= 15 is 0 Å². The molecule has 1 atom stereocenters. The summed E-state index contributed by atoms with van der Waals surface area (Å²) in [5.41, 5.74) is 1.19. The number of halogens is 1. The fourth-order valence-corrected chi connectivity index (χ4v) is 1.93. The number of rotatable bonds is 6. The third-order valence-corrected chi connectivity index (χ3v) is 3.05. The van der Waals surface area contributed by atoms with Gasteiger partial charge in [0.2, 0.25) is 0 Å². The molecule has 16 heavy (non-hydrogen) atoms. The largest absolute Gasteiger partial charge is 0.493 e. The maximum Gasteiger partial charge on any atom is 0.161 e. The van der Waals surface area contributed by atoms with Gasteiger partial charge in [-0.1, -0.05) is 35.3 Å². The minimum Gasteiger partial charge on any atom is -0.493 e. The Labute approximate surface area is 106 Å². The molecule has 0 aromatic heterocycles. The van der Waals surface area contributed by atoms with Gasteiger partial charge in [0.25, 0.3) is 0 Å². The molecule has 0 aliphatic carbocycles. The van der Waals surface area contributed by atoms with E-state index in [1.807, 2.05) is 18.2 Å². The predicted molar refractivity (Wildman–Crippen MR) is 70.6 cm³/mol. The average Bonchev–Trinajstić information content (AvgIpc) is 2.29. The van der Waals surface area contributed by atoms with Gasteiger partial charge in [-0.25, -0.2) is 0 Å². The fraction of sp³-hybridized carbons (Fsp3) is 0.538. The van der Waals surface area contributed by atoms with Crippen LogP contribution in [0.1, 0.15) is 32.3 Å². The van der Waals surface area contributed by atoms with E-state index in [-0.39, 0.29) is 6.10 Å². The van der Waals surface area contributed by atoms with Gasteiger partial charge < -0.3 is 9.47 Å². The summed E-state index contributed by atoms with van der Waals surface area (Å²) in [4.78, 5) is 0. The highest BCUT2D eigenvalue weighted by Crippen LogP contribution is 2.30. The molecule has 1 unspecified atom stereocenters. The first-order valence-corrected chi connectivity index (χ1v) is 6.73. The van der Waals surface area contributed by atoms with Crippen LogP contribution in [-0.4, -0.2) is 13.2 Å². The van der Waals surface area contributed by atoms with E-state index < -0.39 is 0 Å². The van der Waals surface area contributed by atoms with Crippen LogP contribution in [0.4, 0.5) is 0 Å². The van der Waals surface area contributed by atoms with Crippen LogP contribution >= 0.6 is 15.9 Å². The number of ether oxygens (including phenoxy) is 2. The molecular formula is C13H19BrO2. The first-order valence-electron chi connectivity index (χ1n) is 5.60. The van der Waals surface area contributed by atoms with Crippen molar-refractivity contribution in [1.29, 1.82) is 0 Å². The third kappa shape index (κ3) is 3.71. The van der Waals surface area contributed by atoms with Crippen molar-refractivity contribution < 1.29 is 9.47 Å². The van der Waals surface area contributed by atoms with Crippen molar-refractivity contribution in [3.8, 4) is 11.5 Å². The Morgan fingerprint density at radius 3 is 2.62 bits per heavy atom. The van der Waals surface area contributed by atoms with Gasteiger partial charge in [-0.05, 0) is 31.0 Å². The molecule has 0 fully saturated rings. The molecule has 0 amide bonds. The zero-order valence-corrected chi connectivity index (χ0v) is 11.7. The Morgan fingerprint density at radius 1 is 1.31 bits per heavy atom. The van der Waals surface area contributed by atoms with Gasteiger partial charge in [-0.15, -0.1) is 0 Å². The molecule has 0 spiro atoms. The van der Waals surface area contributed by atoms with E-state index in [9.17, 15) is 0 Å². The van der Waals surface area contributed by atoms with Crippen molar-refractivity contribution in [1.82, 2.24) is 0 Å². The van der Waals surface area contributed by atoms with Crippen molar-refractivity contribution in [3.05, 3.63) is 23.8 Å². The molecular weight excluding hydrogens is 268 g/mol. The highest BCUT2D eigenvalue weighted by Gasteiger charge is 2.09. The first kappa shape index (κ1) is 13.4. The van der Waals surface area contributed by atoms with Crippen molar-refractivity contribution in [2.45, 2.75) is 38.1 Å². The first-order chi connectivity index (χ1) is 7.71. The summed E-state index contributed by atoms with van der Waals surface area (Å²) in [6.45, 7) is 4.25. The SMILES string of the molecule is CCCC(C)Oc1cc(CBr)ccc1OC. The molecule has 0 bridgehead atoms. The Balaban J connectivity index is 2.82. The molecule has 0 saturated carbocycles. The molecule has 1 aromatic carbocycles. The maximum absolute atomic E-state index is 5.87. The highest BCUT2D eigenvalue weighted by molar-refractivity contribution is 9.08. The molecule has 0 aliphatic rings. The monoisotopic (exact) mass is 286 g/mol. The van der Waals surface area contributed by atoms with Crippen LogP contribution in [0, 0.1) is 0 Å². The summed E-state index contributed by atoms with van der Waals surface area (Å²) in [6.07, 6.45) is 2.41. The minimum atomic E-state index is 0.226. The van der Waals surface area contributed by atoms with Gasteiger partial charge in [0.1, 0.15) is 0 Å². The van der Waals surface area contributed by atoms with Gasteiger partial charge in [0.05, 0.1) is 13.2 Å². The average molecular weight is 287 g/mol. The smallest absolute Gasteiger partial charge is 0.161 e. The van der Waals surface area contributed by atoms with Crippen molar-refractivity contribution in [3.63, 3.8) is 0 Å². The van der Waals surface area contributed by atoms with Crippen LogP contribution in [0.25, 0.3) is 0 Å². The standard InChI is InChI=1S/C13H19BrO2/c1-4-5-10(2)16-13-8-11(9-14)6-7-12(13)15-3/h6-8,10H,4-5,9H2,1-3H3. The molecule has 2 nitrogen and oxygen atoms in total. The van der Waals surface area contributed by atoms with Crippen LogP contribution in [0.2, 0.25) is 0 Å². The number of methoxy groups -OCH3 is 1. The zero-order valence-electron chi connectivity index (χ0n) is 10.1. The molecule has 0 N–H and O–H groups in total. The minimum absolute atomic E-state index is 0.226. The number of benzene rings is 1. The van der Waals surface area contributed by atoms with Crippen LogP contribution in [0.3, 0.4) is 0 Å². The molecule has 3 heteroatoms. The third-order valence-electron chi connectivity index (χ3n) is 2.41. The van der Waals surface area contributed by atoms with E-state index in [4.69, 9.17) is 9.47 Å². The second kappa shape index (κ2) is 6.79. The van der Waals surface area contributed by atoms with E-state index in [1.54, 1.807) is 7.11 Å². The molecule has 0 heterocycles. The van der Waals surface area contributed by atoms with Crippen molar-refractivity contribution in [2.24, 2.45) is 0 Å². The second-order valence-electron chi connectivity index (χ2n) is 3.84. The van der Waals surface area contributed by atoms with Gasteiger partial charge in [-0.3, -0.25) is 0 Å². The molecule has 1 rings (SSSR count). The summed E-state index contributed by atoms with van der Waals surface area (Å²) < 4.78 is 11.2. The van der Waals surface area contributed by atoms with E-state index in [1.165, 1.54) is 5.56 Å². The lowest BCUT2D eigenvalue weighted by molar-refractivity contribution is 0.200. The van der Waals surface area contributed by atoms with E-state index in [2.05, 4.69) is 29.8 Å². The zero-order chi connectivity index (χ0) is 12.0. The van der Waals surface area contributed by atoms with Crippen molar-refractivity contribution in [2.75, 3.05) is 7.11 Å². The summed E-state index contributed by atoms with van der Waals surface area (Å²) in [7, 11) is 1.67. The van der Waals surface area contributed by atoms with Crippen LogP contribution < -0.4 is 9.47 Å². The quantitative estimate of drug-likeness (QED) is 0.731. The lowest BCUT2D eigenvalue weighted by Crippen LogP contribution is -2.11. The maximum atomic E-state index is 5.87. The van der Waals surface area contributed by atoms with Crippen LogP contribution in [0.5, 0.6) is 11.5 Å². The molecule has 1 aromatic rings.